The third kappa shape index (κ3) is 4.34. The summed E-state index contributed by atoms with van der Waals surface area (Å²) >= 11 is 8.94. The van der Waals surface area contributed by atoms with Gasteiger partial charge >= 0.3 is 0 Å². The number of nitrogens with zero attached hydrogens (tertiary/aromatic N) is 1. The Bertz CT molecular complexity index is 912. The van der Waals surface area contributed by atoms with Gasteiger partial charge in [0.1, 0.15) is 10.8 Å². The van der Waals surface area contributed by atoms with Crippen LogP contribution < -0.4 is 10.1 Å². The van der Waals surface area contributed by atoms with Crippen LogP contribution in [-0.2, 0) is 0 Å². The number of benzene rings is 2. The van der Waals surface area contributed by atoms with Crippen LogP contribution in [-0.4, -0.2) is 18.0 Å². The number of amides is 1. The molecule has 0 atom stereocenters. The Hall–Kier alpha value is -2.02. The van der Waals surface area contributed by atoms with Crippen LogP contribution in [0.4, 0.5) is 5.13 Å². The highest BCUT2D eigenvalue weighted by molar-refractivity contribution is 7.99. The molecule has 0 aliphatic carbocycles. The Kier molecular flexibility index (Phi) is 5.63. The summed E-state index contributed by atoms with van der Waals surface area (Å²) in [5.41, 5.74) is 1.44. The number of carbonyl (C=O) groups is 1. The standard InChI is InChI=1S/C18H15ClN2O2S2/c1-11-7-8-12(9-13(11)19)17(22)21-18-20-16(10-24-18)25-15-6-4-3-5-14(15)23-2/h3-10H,1-2H3,(H,20,21,22). The predicted molar refractivity (Wildman–Crippen MR) is 103 cm³/mol. The maximum absolute atomic E-state index is 12.3. The molecule has 0 unspecified atom stereocenters. The number of halogens is 1. The largest absolute Gasteiger partial charge is 0.496 e. The van der Waals surface area contributed by atoms with Crippen molar-refractivity contribution in [1.82, 2.24) is 4.98 Å². The molecule has 3 aromatic rings. The van der Waals surface area contributed by atoms with E-state index in [2.05, 4.69) is 10.3 Å². The van der Waals surface area contributed by atoms with E-state index < -0.39 is 0 Å². The van der Waals surface area contributed by atoms with Gasteiger partial charge in [0.05, 0.1) is 12.0 Å². The maximum Gasteiger partial charge on any atom is 0.257 e. The summed E-state index contributed by atoms with van der Waals surface area (Å²) in [6, 6.07) is 13.0. The van der Waals surface area contributed by atoms with Gasteiger partial charge < -0.3 is 4.74 Å². The number of carbonyl (C=O) groups excluding carboxylic acids is 1. The number of thiazole rings is 1. The van der Waals surface area contributed by atoms with Gasteiger partial charge in [0.2, 0.25) is 0 Å². The first kappa shape index (κ1) is 17.8. The Morgan fingerprint density at radius 3 is 2.84 bits per heavy atom. The molecule has 3 rings (SSSR count). The number of aromatic nitrogens is 1. The fourth-order valence-electron chi connectivity index (χ4n) is 2.08. The minimum Gasteiger partial charge on any atom is -0.496 e. The molecule has 0 aliphatic rings. The second-order valence-corrected chi connectivity index (χ2v) is 7.49. The number of para-hydroxylation sites is 1. The molecule has 0 bridgehead atoms. The van der Waals surface area contributed by atoms with E-state index in [1.807, 2.05) is 42.6 Å². The first-order valence-corrected chi connectivity index (χ1v) is 9.48. The molecule has 1 amide bonds. The van der Waals surface area contributed by atoms with Gasteiger partial charge in [-0.05, 0) is 36.8 Å². The van der Waals surface area contributed by atoms with Gasteiger partial charge in [0.15, 0.2) is 5.13 Å². The number of nitrogens with one attached hydrogen (secondary N) is 1. The molecule has 0 saturated carbocycles. The molecule has 25 heavy (non-hydrogen) atoms. The first-order valence-electron chi connectivity index (χ1n) is 7.40. The lowest BCUT2D eigenvalue weighted by atomic mass is 10.1. The van der Waals surface area contributed by atoms with Crippen LogP contribution in [0, 0.1) is 6.92 Å². The summed E-state index contributed by atoms with van der Waals surface area (Å²) in [5, 5.41) is 6.61. The molecule has 4 nitrogen and oxygen atoms in total. The van der Waals surface area contributed by atoms with Gasteiger partial charge in [-0.25, -0.2) is 4.98 Å². The Labute approximate surface area is 159 Å². The van der Waals surface area contributed by atoms with Crippen LogP contribution in [0.5, 0.6) is 5.75 Å². The third-order valence-electron chi connectivity index (χ3n) is 3.42. The average molecular weight is 391 g/mol. The summed E-state index contributed by atoms with van der Waals surface area (Å²) in [7, 11) is 1.64. The summed E-state index contributed by atoms with van der Waals surface area (Å²) in [4.78, 5) is 17.7. The van der Waals surface area contributed by atoms with Crippen molar-refractivity contribution in [2.75, 3.05) is 12.4 Å². The number of rotatable bonds is 5. The highest BCUT2D eigenvalue weighted by Crippen LogP contribution is 2.36. The van der Waals surface area contributed by atoms with Crippen LogP contribution in [0.1, 0.15) is 15.9 Å². The van der Waals surface area contributed by atoms with Crippen molar-refractivity contribution in [3.8, 4) is 5.75 Å². The van der Waals surface area contributed by atoms with Crippen LogP contribution in [0.25, 0.3) is 0 Å². The van der Waals surface area contributed by atoms with E-state index in [1.165, 1.54) is 23.1 Å². The Morgan fingerprint density at radius 1 is 1.28 bits per heavy atom. The van der Waals surface area contributed by atoms with Crippen molar-refractivity contribution in [1.29, 1.82) is 0 Å². The molecule has 1 aromatic heterocycles. The van der Waals surface area contributed by atoms with Gasteiger partial charge in [-0.3, -0.25) is 10.1 Å². The number of hydrogen-bond acceptors (Lipinski definition) is 5. The second kappa shape index (κ2) is 7.91. The molecule has 1 N–H and O–H groups in total. The molecule has 0 aliphatic heterocycles. The topological polar surface area (TPSA) is 51.2 Å². The fraction of sp³-hybridized carbons (Fsp3) is 0.111. The molecular formula is C18H15ClN2O2S2. The zero-order valence-electron chi connectivity index (χ0n) is 13.6. The molecule has 0 fully saturated rings. The Balaban J connectivity index is 1.71. The first-order chi connectivity index (χ1) is 12.1. The molecular weight excluding hydrogens is 376 g/mol. The zero-order valence-corrected chi connectivity index (χ0v) is 16.0. The summed E-state index contributed by atoms with van der Waals surface area (Å²) < 4.78 is 5.34. The minimum atomic E-state index is -0.231. The second-order valence-electron chi connectivity index (χ2n) is 5.16. The summed E-state index contributed by atoms with van der Waals surface area (Å²) in [5.74, 6) is 0.561. The van der Waals surface area contributed by atoms with E-state index in [1.54, 1.807) is 19.2 Å². The lowest BCUT2D eigenvalue weighted by molar-refractivity contribution is 0.102. The maximum atomic E-state index is 12.3. The number of ether oxygens (including phenoxy) is 1. The van der Waals surface area contributed by atoms with Crippen molar-refractivity contribution in [2.24, 2.45) is 0 Å². The summed E-state index contributed by atoms with van der Waals surface area (Å²) in [6.07, 6.45) is 0. The SMILES string of the molecule is COc1ccccc1Sc1csc(NC(=O)c2ccc(C)c(Cl)c2)n1. The lowest BCUT2D eigenvalue weighted by Gasteiger charge is -2.05. The lowest BCUT2D eigenvalue weighted by Crippen LogP contribution is -2.11. The molecule has 128 valence electrons. The number of aryl methyl sites for hydroxylation is 1. The van der Waals surface area contributed by atoms with Gasteiger partial charge in [-0.15, -0.1) is 11.3 Å². The zero-order chi connectivity index (χ0) is 17.8. The predicted octanol–water partition coefficient (Wildman–Crippen LogP) is 5.52. The van der Waals surface area contributed by atoms with E-state index >= 15 is 0 Å². The van der Waals surface area contributed by atoms with E-state index in [9.17, 15) is 4.79 Å². The van der Waals surface area contributed by atoms with Crippen molar-refractivity contribution in [2.45, 2.75) is 16.8 Å². The molecule has 7 heteroatoms. The van der Waals surface area contributed by atoms with E-state index in [0.29, 0.717) is 15.7 Å². The van der Waals surface area contributed by atoms with Crippen molar-refractivity contribution in [3.63, 3.8) is 0 Å². The van der Waals surface area contributed by atoms with E-state index in [0.717, 1.165) is 21.2 Å². The molecule has 0 radical (unpaired) electrons. The van der Waals surface area contributed by atoms with Crippen molar-refractivity contribution >= 4 is 45.7 Å². The van der Waals surface area contributed by atoms with Crippen LogP contribution in [0.15, 0.2) is 57.8 Å². The third-order valence-corrected chi connectivity index (χ3v) is 5.71. The van der Waals surface area contributed by atoms with Gasteiger partial charge in [0.25, 0.3) is 5.91 Å². The van der Waals surface area contributed by atoms with E-state index in [4.69, 9.17) is 16.3 Å². The van der Waals surface area contributed by atoms with E-state index in [-0.39, 0.29) is 5.91 Å². The van der Waals surface area contributed by atoms with Crippen molar-refractivity contribution in [3.05, 3.63) is 64.0 Å². The average Bonchev–Trinajstić information content (AvgIpc) is 3.04. The number of hydrogen-bond donors (Lipinski definition) is 1. The van der Waals surface area contributed by atoms with Crippen LogP contribution in [0.2, 0.25) is 5.02 Å². The monoisotopic (exact) mass is 390 g/mol. The van der Waals surface area contributed by atoms with Gasteiger partial charge in [-0.2, -0.15) is 0 Å². The van der Waals surface area contributed by atoms with Crippen LogP contribution in [0.3, 0.4) is 0 Å². The van der Waals surface area contributed by atoms with Crippen molar-refractivity contribution < 1.29 is 9.53 Å². The smallest absolute Gasteiger partial charge is 0.257 e. The van der Waals surface area contributed by atoms with Gasteiger partial charge in [0, 0.05) is 16.0 Å². The quantitative estimate of drug-likeness (QED) is 0.623. The molecule has 0 saturated heterocycles. The number of methoxy groups -OCH3 is 1. The Morgan fingerprint density at radius 2 is 2.08 bits per heavy atom. The summed E-state index contributed by atoms with van der Waals surface area (Å²) in [6.45, 7) is 1.90. The molecule has 0 spiro atoms. The molecule has 1 heterocycles. The number of anilines is 1. The highest BCUT2D eigenvalue weighted by Gasteiger charge is 2.12. The molecule has 2 aromatic carbocycles. The normalized spacial score (nSPS) is 10.5. The highest BCUT2D eigenvalue weighted by atomic mass is 35.5. The van der Waals surface area contributed by atoms with Crippen LogP contribution >= 0.6 is 34.7 Å². The minimum absolute atomic E-state index is 0.231. The fourth-order valence-corrected chi connectivity index (χ4v) is 3.99. The van der Waals surface area contributed by atoms with Gasteiger partial charge in [-0.1, -0.05) is 41.6 Å².